The number of hydrogen-bond acceptors (Lipinski definition) is 4. The Labute approximate surface area is 118 Å². The van der Waals surface area contributed by atoms with Gasteiger partial charge in [-0.3, -0.25) is 9.69 Å². The molecule has 0 spiro atoms. The van der Waals surface area contributed by atoms with Gasteiger partial charge in [-0.2, -0.15) is 0 Å². The van der Waals surface area contributed by atoms with Gasteiger partial charge in [-0.15, -0.1) is 0 Å². The van der Waals surface area contributed by atoms with Crippen LogP contribution in [0.1, 0.15) is 37.3 Å². The molecular weight excluding hydrogens is 258 g/mol. The number of hydrogen-bond donors (Lipinski definition) is 1. The molecule has 110 valence electrons. The minimum absolute atomic E-state index is 0.279. The summed E-state index contributed by atoms with van der Waals surface area (Å²) in [7, 11) is 0. The van der Waals surface area contributed by atoms with Crippen molar-refractivity contribution in [2.45, 2.75) is 32.7 Å². The summed E-state index contributed by atoms with van der Waals surface area (Å²) in [6.07, 6.45) is 1.05. The van der Waals surface area contributed by atoms with E-state index in [0.29, 0.717) is 5.92 Å². The zero-order valence-corrected chi connectivity index (χ0v) is 11.8. The number of carbonyl (C=O) groups excluding carboxylic acids is 1. The standard InChI is InChI=1S/C15H21NO4/c1-3-11(2)13-6-4-12(5-7-13)8-16(9-14(17)18)10-15(19)20/h4-7,11H,3,8-10H2,1-2H3,(H,17,18)(H,19,20)/p-1. The highest BCUT2D eigenvalue weighted by atomic mass is 16.4. The average Bonchev–Trinajstić information content (AvgIpc) is 2.37. The maximum Gasteiger partial charge on any atom is 0.317 e. The molecule has 0 radical (unpaired) electrons. The summed E-state index contributed by atoms with van der Waals surface area (Å²) in [4.78, 5) is 22.7. The van der Waals surface area contributed by atoms with Gasteiger partial charge in [0.15, 0.2) is 0 Å². The molecule has 0 saturated heterocycles. The van der Waals surface area contributed by atoms with Crippen LogP contribution in [0.15, 0.2) is 24.3 Å². The number of rotatable bonds is 8. The summed E-state index contributed by atoms with van der Waals surface area (Å²) in [6.45, 7) is 3.83. The maximum absolute atomic E-state index is 10.7. The van der Waals surface area contributed by atoms with Crippen molar-refractivity contribution in [3.8, 4) is 0 Å². The molecule has 0 aliphatic heterocycles. The van der Waals surface area contributed by atoms with Gasteiger partial charge in [0, 0.05) is 13.1 Å². The van der Waals surface area contributed by atoms with Gasteiger partial charge in [0.25, 0.3) is 0 Å². The van der Waals surface area contributed by atoms with Crippen molar-refractivity contribution in [3.05, 3.63) is 35.4 Å². The van der Waals surface area contributed by atoms with Crippen LogP contribution in [0.5, 0.6) is 0 Å². The molecule has 1 atom stereocenters. The van der Waals surface area contributed by atoms with Crippen molar-refractivity contribution in [3.63, 3.8) is 0 Å². The predicted octanol–water partition coefficient (Wildman–Crippen LogP) is 0.837. The van der Waals surface area contributed by atoms with Crippen LogP contribution in [0, 0.1) is 0 Å². The Morgan fingerprint density at radius 1 is 1.25 bits per heavy atom. The SMILES string of the molecule is CCC(C)c1ccc(CN(CC(=O)[O-])CC(=O)O)cc1. The molecule has 20 heavy (non-hydrogen) atoms. The van der Waals surface area contributed by atoms with Gasteiger partial charge in [-0.25, -0.2) is 0 Å². The van der Waals surface area contributed by atoms with Gasteiger partial charge in [0.1, 0.15) is 0 Å². The minimum atomic E-state index is -1.28. The monoisotopic (exact) mass is 278 g/mol. The highest BCUT2D eigenvalue weighted by Gasteiger charge is 2.11. The van der Waals surface area contributed by atoms with E-state index in [0.717, 1.165) is 12.0 Å². The molecule has 0 heterocycles. The summed E-state index contributed by atoms with van der Waals surface area (Å²) >= 11 is 0. The molecule has 0 saturated carbocycles. The van der Waals surface area contributed by atoms with Crippen LogP contribution < -0.4 is 5.11 Å². The van der Waals surface area contributed by atoms with E-state index >= 15 is 0 Å². The van der Waals surface area contributed by atoms with Crippen LogP contribution in [0.2, 0.25) is 0 Å². The van der Waals surface area contributed by atoms with Gasteiger partial charge in [-0.05, 0) is 23.5 Å². The van der Waals surface area contributed by atoms with Crippen molar-refractivity contribution in [2.75, 3.05) is 13.1 Å². The molecule has 1 N–H and O–H groups in total. The predicted molar refractivity (Wildman–Crippen MR) is 73.1 cm³/mol. The van der Waals surface area contributed by atoms with E-state index in [2.05, 4.69) is 13.8 Å². The van der Waals surface area contributed by atoms with E-state index < -0.39 is 11.9 Å². The lowest BCUT2D eigenvalue weighted by Gasteiger charge is -2.21. The molecule has 0 bridgehead atoms. The summed E-state index contributed by atoms with van der Waals surface area (Å²) < 4.78 is 0. The second kappa shape index (κ2) is 7.65. The molecule has 1 aromatic carbocycles. The van der Waals surface area contributed by atoms with Crippen molar-refractivity contribution in [1.82, 2.24) is 4.90 Å². The number of nitrogens with zero attached hydrogens (tertiary/aromatic N) is 1. The molecule has 0 aliphatic carbocycles. The van der Waals surface area contributed by atoms with Gasteiger partial charge < -0.3 is 15.0 Å². The number of carbonyl (C=O) groups is 2. The van der Waals surface area contributed by atoms with Crippen LogP contribution >= 0.6 is 0 Å². The fraction of sp³-hybridized carbons (Fsp3) is 0.467. The topological polar surface area (TPSA) is 80.7 Å². The molecule has 0 amide bonds. The van der Waals surface area contributed by atoms with Crippen LogP contribution in [0.4, 0.5) is 0 Å². The summed E-state index contributed by atoms with van der Waals surface area (Å²) in [5.74, 6) is -1.85. The van der Waals surface area contributed by atoms with Crippen molar-refractivity contribution < 1.29 is 19.8 Å². The third-order valence-corrected chi connectivity index (χ3v) is 3.28. The molecule has 5 nitrogen and oxygen atoms in total. The third kappa shape index (κ3) is 5.40. The van der Waals surface area contributed by atoms with E-state index in [9.17, 15) is 14.7 Å². The fourth-order valence-corrected chi connectivity index (χ4v) is 1.99. The Bertz CT molecular complexity index is 439. The second-order valence-electron chi connectivity index (χ2n) is 4.96. The number of aliphatic carboxylic acids is 2. The molecule has 1 rings (SSSR count). The Morgan fingerprint density at radius 3 is 2.30 bits per heavy atom. The first-order valence-electron chi connectivity index (χ1n) is 6.65. The van der Waals surface area contributed by atoms with Crippen LogP contribution in [0.25, 0.3) is 0 Å². The molecule has 1 aromatic rings. The molecular formula is C15H20NO4-. The Morgan fingerprint density at radius 2 is 1.85 bits per heavy atom. The quantitative estimate of drug-likeness (QED) is 0.762. The van der Waals surface area contributed by atoms with Crippen molar-refractivity contribution in [2.24, 2.45) is 0 Å². The van der Waals surface area contributed by atoms with Crippen LogP contribution in [-0.4, -0.2) is 35.0 Å². The van der Waals surface area contributed by atoms with Crippen LogP contribution in [-0.2, 0) is 16.1 Å². The lowest BCUT2D eigenvalue weighted by atomic mass is 9.97. The van der Waals surface area contributed by atoms with E-state index in [4.69, 9.17) is 5.11 Å². The highest BCUT2D eigenvalue weighted by Crippen LogP contribution is 2.19. The van der Waals surface area contributed by atoms with Gasteiger partial charge in [0.05, 0.1) is 12.5 Å². The lowest BCUT2D eigenvalue weighted by Crippen LogP contribution is -2.40. The first kappa shape index (κ1) is 16.2. The zero-order chi connectivity index (χ0) is 15.1. The van der Waals surface area contributed by atoms with Crippen LogP contribution in [0.3, 0.4) is 0 Å². The van der Waals surface area contributed by atoms with Crippen molar-refractivity contribution in [1.29, 1.82) is 0 Å². The van der Waals surface area contributed by atoms with Crippen molar-refractivity contribution >= 4 is 11.9 Å². The molecule has 0 fully saturated rings. The summed E-state index contributed by atoms with van der Waals surface area (Å²) in [5.41, 5.74) is 2.11. The van der Waals surface area contributed by atoms with E-state index in [1.807, 2.05) is 24.3 Å². The lowest BCUT2D eigenvalue weighted by molar-refractivity contribution is -0.306. The van der Waals surface area contributed by atoms with E-state index in [1.165, 1.54) is 10.5 Å². The normalized spacial score (nSPS) is 12.3. The first-order valence-corrected chi connectivity index (χ1v) is 6.65. The largest absolute Gasteiger partial charge is 0.549 e. The maximum atomic E-state index is 10.7. The summed E-state index contributed by atoms with van der Waals surface area (Å²) in [5, 5.41) is 19.4. The van der Waals surface area contributed by atoms with Gasteiger partial charge in [-0.1, -0.05) is 38.1 Å². The van der Waals surface area contributed by atoms with E-state index in [1.54, 1.807) is 0 Å². The molecule has 5 heteroatoms. The molecule has 0 aromatic heterocycles. The zero-order valence-electron chi connectivity index (χ0n) is 11.8. The number of benzene rings is 1. The minimum Gasteiger partial charge on any atom is -0.549 e. The third-order valence-electron chi connectivity index (χ3n) is 3.28. The van der Waals surface area contributed by atoms with E-state index in [-0.39, 0.29) is 19.6 Å². The Kier molecular flexibility index (Phi) is 6.18. The summed E-state index contributed by atoms with van der Waals surface area (Å²) in [6, 6.07) is 7.82. The molecule has 1 unspecified atom stereocenters. The average molecular weight is 278 g/mol. The Hall–Kier alpha value is -1.88. The Balaban J connectivity index is 2.72. The number of carboxylic acids is 2. The number of carboxylic acid groups (broad SMARTS) is 2. The van der Waals surface area contributed by atoms with Gasteiger partial charge >= 0.3 is 5.97 Å². The fourth-order valence-electron chi connectivity index (χ4n) is 1.99. The highest BCUT2D eigenvalue weighted by molar-refractivity contribution is 5.71. The first-order chi connectivity index (χ1) is 9.42. The molecule has 0 aliphatic rings. The smallest absolute Gasteiger partial charge is 0.317 e. The van der Waals surface area contributed by atoms with Gasteiger partial charge in [0.2, 0.25) is 0 Å². The second-order valence-corrected chi connectivity index (χ2v) is 4.96.